The van der Waals surface area contributed by atoms with Crippen molar-refractivity contribution in [3.05, 3.63) is 29.8 Å². The van der Waals surface area contributed by atoms with Gasteiger partial charge in [-0.15, -0.1) is 0 Å². The van der Waals surface area contributed by atoms with Gasteiger partial charge in [0.2, 0.25) is 0 Å². The Morgan fingerprint density at radius 3 is 2.43 bits per heavy atom. The largest absolute Gasteiger partial charge is 0.435 e. The Kier molecular flexibility index (Phi) is 6.36. The van der Waals surface area contributed by atoms with Gasteiger partial charge in [-0.1, -0.05) is 32.9 Å². The summed E-state index contributed by atoms with van der Waals surface area (Å²) in [5.41, 5.74) is 1.16. The molecule has 1 saturated heterocycles. The lowest BCUT2D eigenvalue weighted by atomic mass is 9.91. The Bertz CT molecular complexity index is 478. The van der Waals surface area contributed by atoms with Crippen molar-refractivity contribution in [2.75, 3.05) is 13.1 Å². The molecule has 5 heteroatoms. The summed E-state index contributed by atoms with van der Waals surface area (Å²) < 4.78 is 29.1. The third kappa shape index (κ3) is 4.64. The first-order valence-corrected chi connectivity index (χ1v) is 8.46. The number of hydrogen-bond donors (Lipinski definition) is 1. The first-order chi connectivity index (χ1) is 10.9. The normalized spacial score (nSPS) is 24.2. The standard InChI is InChI=1S/C18H28F2N2O/c1-5-15-10-21-13(4)11-22(15)17(12(2)3)14-6-8-16(9-7-14)23-18(19)20/h6-9,12-13,15,17-18,21H,5,10-11H2,1-4H3/t13-,15+,17?/m0/s1. The molecule has 0 aliphatic carbocycles. The molecule has 1 aliphatic rings. The number of hydrogen-bond acceptors (Lipinski definition) is 3. The average Bonchev–Trinajstić information content (AvgIpc) is 2.48. The second kappa shape index (κ2) is 8.06. The molecule has 1 unspecified atom stereocenters. The van der Waals surface area contributed by atoms with E-state index in [1.54, 1.807) is 12.1 Å². The fourth-order valence-corrected chi connectivity index (χ4v) is 3.51. The van der Waals surface area contributed by atoms with Gasteiger partial charge in [-0.05, 0) is 37.0 Å². The molecular weight excluding hydrogens is 298 g/mol. The van der Waals surface area contributed by atoms with Crippen LogP contribution >= 0.6 is 0 Å². The van der Waals surface area contributed by atoms with E-state index in [0.717, 1.165) is 25.1 Å². The highest BCUT2D eigenvalue weighted by Crippen LogP contribution is 2.33. The Labute approximate surface area is 138 Å². The van der Waals surface area contributed by atoms with Crippen LogP contribution in [-0.4, -0.2) is 36.7 Å². The smallest absolute Gasteiger partial charge is 0.387 e. The summed E-state index contributed by atoms with van der Waals surface area (Å²) in [5.74, 6) is 0.656. The van der Waals surface area contributed by atoms with Gasteiger partial charge in [0.25, 0.3) is 0 Å². The van der Waals surface area contributed by atoms with E-state index in [9.17, 15) is 8.78 Å². The average molecular weight is 326 g/mol. The monoisotopic (exact) mass is 326 g/mol. The second-order valence-corrected chi connectivity index (χ2v) is 6.70. The van der Waals surface area contributed by atoms with E-state index in [1.807, 2.05) is 12.1 Å². The highest BCUT2D eigenvalue weighted by molar-refractivity contribution is 5.30. The molecule has 1 aromatic carbocycles. The minimum atomic E-state index is -2.78. The van der Waals surface area contributed by atoms with Crippen LogP contribution in [0.25, 0.3) is 0 Å². The van der Waals surface area contributed by atoms with Crippen molar-refractivity contribution in [2.45, 2.75) is 58.9 Å². The number of halogens is 2. The van der Waals surface area contributed by atoms with Gasteiger partial charge in [0, 0.05) is 31.2 Å². The quantitative estimate of drug-likeness (QED) is 0.853. The zero-order valence-electron chi connectivity index (χ0n) is 14.4. The molecule has 0 aromatic heterocycles. The van der Waals surface area contributed by atoms with Gasteiger partial charge in [-0.2, -0.15) is 8.78 Å². The predicted molar refractivity (Wildman–Crippen MR) is 88.9 cm³/mol. The lowest BCUT2D eigenvalue weighted by Crippen LogP contribution is -2.56. The van der Waals surface area contributed by atoms with Crippen molar-refractivity contribution in [3.63, 3.8) is 0 Å². The van der Waals surface area contributed by atoms with Crippen molar-refractivity contribution < 1.29 is 13.5 Å². The lowest BCUT2D eigenvalue weighted by molar-refractivity contribution is -0.0498. The number of nitrogens with zero attached hydrogens (tertiary/aromatic N) is 1. The predicted octanol–water partition coefficient (Wildman–Crippen LogP) is 4.06. The molecule has 3 nitrogen and oxygen atoms in total. The molecule has 23 heavy (non-hydrogen) atoms. The van der Waals surface area contributed by atoms with Gasteiger partial charge >= 0.3 is 6.61 Å². The highest BCUT2D eigenvalue weighted by Gasteiger charge is 2.32. The van der Waals surface area contributed by atoms with Crippen molar-refractivity contribution in [1.29, 1.82) is 0 Å². The SMILES string of the molecule is CC[C@@H]1CN[C@@H](C)CN1C(c1ccc(OC(F)F)cc1)C(C)C. The Balaban J connectivity index is 2.23. The molecule has 1 fully saturated rings. The fraction of sp³-hybridized carbons (Fsp3) is 0.667. The summed E-state index contributed by atoms with van der Waals surface area (Å²) in [6, 6.07) is 8.36. The summed E-state index contributed by atoms with van der Waals surface area (Å²) in [6.45, 7) is 8.06. The zero-order valence-corrected chi connectivity index (χ0v) is 14.4. The maximum atomic E-state index is 12.3. The molecule has 130 valence electrons. The molecule has 0 amide bonds. The van der Waals surface area contributed by atoms with Gasteiger partial charge in [0.15, 0.2) is 0 Å². The molecule has 1 aliphatic heterocycles. The molecule has 0 radical (unpaired) electrons. The molecule has 1 heterocycles. The maximum Gasteiger partial charge on any atom is 0.387 e. The molecule has 0 bridgehead atoms. The molecule has 1 aromatic rings. The number of rotatable bonds is 6. The second-order valence-electron chi connectivity index (χ2n) is 6.70. The summed E-state index contributed by atoms with van der Waals surface area (Å²) in [4.78, 5) is 2.56. The van der Waals surface area contributed by atoms with Crippen LogP contribution in [0.15, 0.2) is 24.3 Å². The van der Waals surface area contributed by atoms with E-state index in [0.29, 0.717) is 18.0 Å². The Morgan fingerprint density at radius 2 is 1.91 bits per heavy atom. The Morgan fingerprint density at radius 1 is 1.26 bits per heavy atom. The number of nitrogens with one attached hydrogen (secondary N) is 1. The van der Waals surface area contributed by atoms with E-state index in [4.69, 9.17) is 0 Å². The van der Waals surface area contributed by atoms with Crippen molar-refractivity contribution in [3.8, 4) is 5.75 Å². The van der Waals surface area contributed by atoms with Crippen LogP contribution in [0.4, 0.5) is 8.78 Å². The van der Waals surface area contributed by atoms with Crippen LogP contribution in [0.2, 0.25) is 0 Å². The van der Waals surface area contributed by atoms with Gasteiger partial charge < -0.3 is 10.1 Å². The van der Waals surface area contributed by atoms with Crippen LogP contribution in [0.3, 0.4) is 0 Å². The van der Waals surface area contributed by atoms with Crippen LogP contribution in [0, 0.1) is 5.92 Å². The number of piperazine rings is 1. The van der Waals surface area contributed by atoms with E-state index in [1.165, 1.54) is 0 Å². The first-order valence-electron chi connectivity index (χ1n) is 8.46. The van der Waals surface area contributed by atoms with Crippen LogP contribution in [0.1, 0.15) is 45.7 Å². The van der Waals surface area contributed by atoms with Crippen molar-refractivity contribution in [2.24, 2.45) is 5.92 Å². The molecule has 0 spiro atoms. The summed E-state index contributed by atoms with van der Waals surface area (Å²) in [5, 5.41) is 3.54. The third-order valence-corrected chi connectivity index (χ3v) is 4.56. The number of benzene rings is 1. The third-order valence-electron chi connectivity index (χ3n) is 4.56. The van der Waals surface area contributed by atoms with Gasteiger partial charge in [0.1, 0.15) is 5.75 Å². The van der Waals surface area contributed by atoms with Crippen LogP contribution in [-0.2, 0) is 0 Å². The maximum absolute atomic E-state index is 12.3. The van der Waals surface area contributed by atoms with Crippen LogP contribution < -0.4 is 10.1 Å². The first kappa shape index (κ1) is 18.1. The highest BCUT2D eigenvalue weighted by atomic mass is 19.3. The van der Waals surface area contributed by atoms with Crippen molar-refractivity contribution in [1.82, 2.24) is 10.2 Å². The molecular formula is C18H28F2N2O. The molecule has 2 rings (SSSR count). The number of ether oxygens (including phenoxy) is 1. The zero-order chi connectivity index (χ0) is 17.0. The number of alkyl halides is 2. The summed E-state index contributed by atoms with van der Waals surface area (Å²) in [6.07, 6.45) is 1.09. The van der Waals surface area contributed by atoms with Gasteiger partial charge in [0.05, 0.1) is 0 Å². The van der Waals surface area contributed by atoms with E-state index < -0.39 is 6.61 Å². The minimum Gasteiger partial charge on any atom is -0.435 e. The molecule has 0 saturated carbocycles. The van der Waals surface area contributed by atoms with Gasteiger partial charge in [-0.25, -0.2) is 0 Å². The molecule has 1 N–H and O–H groups in total. The van der Waals surface area contributed by atoms with Gasteiger partial charge in [-0.3, -0.25) is 4.90 Å². The Hall–Kier alpha value is -1.20. The van der Waals surface area contributed by atoms with E-state index in [2.05, 4.69) is 42.6 Å². The topological polar surface area (TPSA) is 24.5 Å². The minimum absolute atomic E-state index is 0.215. The molecule has 3 atom stereocenters. The summed E-state index contributed by atoms with van der Waals surface area (Å²) in [7, 11) is 0. The van der Waals surface area contributed by atoms with Crippen LogP contribution in [0.5, 0.6) is 5.75 Å². The van der Waals surface area contributed by atoms with Crippen molar-refractivity contribution >= 4 is 0 Å². The van der Waals surface area contributed by atoms with E-state index >= 15 is 0 Å². The lowest BCUT2D eigenvalue weighted by Gasteiger charge is -2.45. The summed E-state index contributed by atoms with van der Waals surface area (Å²) >= 11 is 0. The fourth-order valence-electron chi connectivity index (χ4n) is 3.51. The van der Waals surface area contributed by atoms with E-state index in [-0.39, 0.29) is 11.8 Å².